The molecule has 0 spiro atoms. The molecule has 0 fully saturated rings. The molecule has 3 aromatic rings. The first-order valence-corrected chi connectivity index (χ1v) is 13.9. The summed E-state index contributed by atoms with van der Waals surface area (Å²) in [7, 11) is 1.77. The highest BCUT2D eigenvalue weighted by Crippen LogP contribution is 2.27. The van der Waals surface area contributed by atoms with Gasteiger partial charge in [-0.05, 0) is 60.2 Å². The van der Waals surface area contributed by atoms with E-state index in [1.165, 1.54) is 0 Å². The van der Waals surface area contributed by atoms with Gasteiger partial charge in [-0.1, -0.05) is 81.6 Å². The smallest absolute Gasteiger partial charge is 0.253 e. The van der Waals surface area contributed by atoms with E-state index >= 15 is 0 Å². The molecule has 39 heavy (non-hydrogen) atoms. The zero-order chi connectivity index (χ0) is 28.2. The molecule has 0 aromatic heterocycles. The second-order valence-electron chi connectivity index (χ2n) is 10.1. The number of carbonyl (C=O) groups is 2. The number of nitriles is 1. The molecule has 0 aliphatic rings. The van der Waals surface area contributed by atoms with Gasteiger partial charge in [-0.15, -0.1) is 0 Å². The molecule has 204 valence electrons. The number of hydrogen-bond acceptors (Lipinski definition) is 4. The average molecular weight is 525 g/mol. The average Bonchev–Trinajstić information content (AvgIpc) is 2.97. The summed E-state index contributed by atoms with van der Waals surface area (Å²) in [5.74, 6) is -0.446. The van der Waals surface area contributed by atoms with Crippen molar-refractivity contribution in [3.05, 3.63) is 95.1 Å². The number of nitrogens with two attached hydrogens (primary N) is 1. The highest BCUT2D eigenvalue weighted by molar-refractivity contribution is 6.01. The van der Waals surface area contributed by atoms with Gasteiger partial charge >= 0.3 is 0 Å². The lowest BCUT2D eigenvalue weighted by Crippen LogP contribution is -2.49. The molecule has 2 atom stereocenters. The molecule has 3 rings (SSSR count). The van der Waals surface area contributed by atoms with Crippen molar-refractivity contribution in [2.24, 2.45) is 5.73 Å². The molecule has 0 saturated heterocycles. The van der Waals surface area contributed by atoms with Gasteiger partial charge < -0.3 is 16.0 Å². The number of rotatable bonds is 13. The number of hydrogen-bond donors (Lipinski definition) is 2. The van der Waals surface area contributed by atoms with Gasteiger partial charge in [0, 0.05) is 36.8 Å². The Kier molecular flexibility index (Phi) is 11.3. The number of unbranched alkanes of at least 4 members (excludes halogenated alkanes) is 2. The van der Waals surface area contributed by atoms with Gasteiger partial charge in [-0.25, -0.2) is 0 Å². The van der Waals surface area contributed by atoms with Gasteiger partial charge in [0.1, 0.15) is 0 Å². The van der Waals surface area contributed by atoms with Crippen LogP contribution in [0.5, 0.6) is 0 Å². The highest BCUT2D eigenvalue weighted by Gasteiger charge is 2.23. The van der Waals surface area contributed by atoms with Gasteiger partial charge in [-0.3, -0.25) is 9.59 Å². The van der Waals surface area contributed by atoms with Gasteiger partial charge in [0.25, 0.3) is 11.8 Å². The third kappa shape index (κ3) is 8.27. The van der Waals surface area contributed by atoms with Crippen molar-refractivity contribution in [1.82, 2.24) is 10.2 Å². The minimum Gasteiger partial charge on any atom is -0.347 e. The first-order valence-electron chi connectivity index (χ1n) is 13.9. The van der Waals surface area contributed by atoms with Gasteiger partial charge in [0.15, 0.2) is 0 Å². The Balaban J connectivity index is 2.00. The van der Waals surface area contributed by atoms with Crippen molar-refractivity contribution in [3.8, 4) is 17.2 Å². The summed E-state index contributed by atoms with van der Waals surface area (Å²) in [6, 6.07) is 24.1. The molecule has 0 saturated carbocycles. The van der Waals surface area contributed by atoms with Crippen LogP contribution in [-0.4, -0.2) is 42.4 Å². The van der Waals surface area contributed by atoms with E-state index in [9.17, 15) is 14.9 Å². The number of amides is 2. The number of carbonyl (C=O) groups excluding carboxylic acids is 2. The predicted molar refractivity (Wildman–Crippen MR) is 157 cm³/mol. The van der Waals surface area contributed by atoms with Crippen LogP contribution in [0.2, 0.25) is 0 Å². The Hall–Kier alpha value is -3.95. The normalized spacial score (nSPS) is 12.3. The molecule has 0 radical (unpaired) electrons. The molecular weight excluding hydrogens is 484 g/mol. The van der Waals surface area contributed by atoms with Crippen molar-refractivity contribution in [2.45, 2.75) is 64.5 Å². The van der Waals surface area contributed by atoms with Crippen molar-refractivity contribution in [3.63, 3.8) is 0 Å². The number of nitrogens with zero attached hydrogens (tertiary/aromatic N) is 2. The van der Waals surface area contributed by atoms with Gasteiger partial charge in [0.05, 0.1) is 11.6 Å². The second-order valence-corrected chi connectivity index (χ2v) is 10.1. The van der Waals surface area contributed by atoms with E-state index in [0.717, 1.165) is 37.7 Å². The Morgan fingerprint density at radius 3 is 2.31 bits per heavy atom. The SMILES string of the molecule is CCCC[C@H](N)[C@H](Cc1ccccc1)NC(=O)c1cc(C(=O)N(C)CCCC)cc(-c2ccccc2C#N)c1. The lowest BCUT2D eigenvalue weighted by Gasteiger charge is -2.26. The Morgan fingerprint density at radius 1 is 0.949 bits per heavy atom. The van der Waals surface area contributed by atoms with Crippen LogP contribution in [0.25, 0.3) is 11.1 Å². The van der Waals surface area contributed by atoms with E-state index in [4.69, 9.17) is 5.73 Å². The molecule has 0 aliphatic heterocycles. The van der Waals surface area contributed by atoms with Crippen LogP contribution in [-0.2, 0) is 6.42 Å². The summed E-state index contributed by atoms with van der Waals surface area (Å²) < 4.78 is 0. The number of nitrogens with one attached hydrogen (secondary N) is 1. The van der Waals surface area contributed by atoms with Crippen LogP contribution in [0, 0.1) is 11.3 Å². The second kappa shape index (κ2) is 14.8. The lowest BCUT2D eigenvalue weighted by atomic mass is 9.94. The summed E-state index contributed by atoms with van der Waals surface area (Å²) in [6.45, 7) is 4.83. The first kappa shape index (κ1) is 29.6. The predicted octanol–water partition coefficient (Wildman–Crippen LogP) is 5.96. The molecule has 0 aliphatic carbocycles. The quantitative estimate of drug-likeness (QED) is 0.288. The van der Waals surface area contributed by atoms with Crippen LogP contribution in [0.3, 0.4) is 0 Å². The van der Waals surface area contributed by atoms with Crippen LogP contribution in [0.4, 0.5) is 0 Å². The highest BCUT2D eigenvalue weighted by atomic mass is 16.2. The minimum atomic E-state index is -0.288. The summed E-state index contributed by atoms with van der Waals surface area (Å²) in [6.07, 6.45) is 5.28. The third-order valence-electron chi connectivity index (χ3n) is 7.02. The largest absolute Gasteiger partial charge is 0.347 e. The van der Waals surface area contributed by atoms with Gasteiger partial charge in [0.2, 0.25) is 0 Å². The number of benzene rings is 3. The van der Waals surface area contributed by atoms with E-state index in [-0.39, 0.29) is 23.9 Å². The molecule has 0 heterocycles. The molecule has 6 nitrogen and oxygen atoms in total. The Bertz CT molecular complexity index is 1280. The van der Waals surface area contributed by atoms with E-state index in [1.807, 2.05) is 42.5 Å². The van der Waals surface area contributed by atoms with Crippen LogP contribution in [0.15, 0.2) is 72.8 Å². The van der Waals surface area contributed by atoms with Crippen molar-refractivity contribution in [1.29, 1.82) is 5.26 Å². The topological polar surface area (TPSA) is 99.2 Å². The zero-order valence-electron chi connectivity index (χ0n) is 23.3. The molecular formula is C33H40N4O2. The fraction of sp³-hybridized carbons (Fsp3) is 0.364. The van der Waals surface area contributed by atoms with E-state index in [1.54, 1.807) is 42.3 Å². The maximum Gasteiger partial charge on any atom is 0.253 e. The van der Waals surface area contributed by atoms with Crippen molar-refractivity contribution >= 4 is 11.8 Å². The van der Waals surface area contributed by atoms with Crippen molar-refractivity contribution < 1.29 is 9.59 Å². The van der Waals surface area contributed by atoms with Crippen molar-refractivity contribution in [2.75, 3.05) is 13.6 Å². The molecule has 0 unspecified atom stereocenters. The molecule has 3 aromatic carbocycles. The summed E-state index contributed by atoms with van der Waals surface area (Å²) in [5, 5.41) is 12.9. The maximum atomic E-state index is 13.7. The van der Waals surface area contributed by atoms with Gasteiger partial charge in [-0.2, -0.15) is 5.26 Å². The Morgan fingerprint density at radius 2 is 1.62 bits per heavy atom. The maximum absolute atomic E-state index is 13.7. The minimum absolute atomic E-state index is 0.158. The first-order chi connectivity index (χ1) is 18.9. The monoisotopic (exact) mass is 524 g/mol. The standard InChI is InChI=1S/C33H40N4O2/c1-4-6-17-30(35)31(19-24-13-9-8-10-14-24)36-32(38)27-20-26(29-16-12-11-15-25(29)23-34)21-28(22-27)33(39)37(3)18-7-5-2/h8-16,20-22,30-31H,4-7,17-19,35H2,1-3H3,(H,36,38)/t30-,31-/m0/s1. The summed E-state index contributed by atoms with van der Waals surface area (Å²) in [5.41, 5.74) is 10.3. The Labute approximate surface area is 232 Å². The van der Waals surface area contributed by atoms with E-state index in [2.05, 4.69) is 25.2 Å². The van der Waals surface area contributed by atoms with Crippen LogP contribution >= 0.6 is 0 Å². The molecule has 3 N–H and O–H groups in total. The summed E-state index contributed by atoms with van der Waals surface area (Å²) in [4.78, 5) is 28.8. The zero-order valence-corrected chi connectivity index (χ0v) is 23.3. The third-order valence-corrected chi connectivity index (χ3v) is 7.02. The molecule has 2 amide bonds. The van der Waals surface area contributed by atoms with E-state index < -0.39 is 0 Å². The van der Waals surface area contributed by atoms with Crippen LogP contribution < -0.4 is 11.1 Å². The summed E-state index contributed by atoms with van der Waals surface area (Å²) >= 11 is 0. The fourth-order valence-electron chi connectivity index (χ4n) is 4.66. The van der Waals surface area contributed by atoms with Crippen LogP contribution in [0.1, 0.15) is 77.8 Å². The lowest BCUT2D eigenvalue weighted by molar-refractivity contribution is 0.0793. The molecule has 0 bridgehead atoms. The van der Waals surface area contributed by atoms with E-state index in [0.29, 0.717) is 40.8 Å². The molecule has 6 heteroatoms. The fourth-order valence-corrected chi connectivity index (χ4v) is 4.66.